The van der Waals surface area contributed by atoms with Gasteiger partial charge >= 0.3 is 0 Å². The van der Waals surface area contributed by atoms with Gasteiger partial charge < -0.3 is 10.2 Å². The Balaban J connectivity index is 1.75. The van der Waals surface area contributed by atoms with Crippen molar-refractivity contribution < 1.29 is 18.0 Å². The van der Waals surface area contributed by atoms with Gasteiger partial charge in [-0.2, -0.15) is 0 Å². The highest BCUT2D eigenvalue weighted by Gasteiger charge is 2.34. The fourth-order valence-electron chi connectivity index (χ4n) is 5.53. The average molecular weight is 641 g/mol. The Morgan fingerprint density at radius 2 is 1.54 bits per heavy atom. The lowest BCUT2D eigenvalue weighted by atomic mass is 10.0. The molecule has 7 nitrogen and oxygen atoms in total. The van der Waals surface area contributed by atoms with Crippen molar-refractivity contribution in [2.24, 2.45) is 0 Å². The summed E-state index contributed by atoms with van der Waals surface area (Å²) in [6.07, 6.45) is 5.37. The summed E-state index contributed by atoms with van der Waals surface area (Å²) in [5, 5.41) is 3.19. The van der Waals surface area contributed by atoms with Crippen molar-refractivity contribution in [2.45, 2.75) is 64.6 Å². The second kappa shape index (κ2) is 13.7. The molecule has 0 unspecified atom stereocenters. The van der Waals surface area contributed by atoms with Crippen LogP contribution in [0, 0.1) is 13.8 Å². The maximum Gasteiger partial charge on any atom is 0.244 e. The fraction of sp³-hybridized carbons (Fsp3) is 0.375. The van der Waals surface area contributed by atoms with Crippen molar-refractivity contribution in [2.75, 3.05) is 17.1 Å². The molecule has 1 atom stereocenters. The number of hydrogen-bond acceptors (Lipinski definition) is 4. The summed E-state index contributed by atoms with van der Waals surface area (Å²) >= 11 is 3.51. The SMILES string of the molecule is Cc1cccc(C)c1N(CC(=O)N(Cc1cccc(Br)c1)[C@H](Cc1ccccc1)C(=O)NC1CCCC1)S(C)(=O)=O. The lowest BCUT2D eigenvalue weighted by Crippen LogP contribution is -2.54. The Morgan fingerprint density at radius 1 is 0.927 bits per heavy atom. The van der Waals surface area contributed by atoms with Crippen molar-refractivity contribution in [1.29, 1.82) is 0 Å². The summed E-state index contributed by atoms with van der Waals surface area (Å²) in [6.45, 7) is 3.40. The van der Waals surface area contributed by atoms with Gasteiger partial charge in [0, 0.05) is 23.5 Å². The summed E-state index contributed by atoms with van der Waals surface area (Å²) < 4.78 is 28.2. The van der Waals surface area contributed by atoms with Crippen LogP contribution in [0.25, 0.3) is 0 Å². The summed E-state index contributed by atoms with van der Waals surface area (Å²) in [5.41, 5.74) is 3.74. The predicted octanol–water partition coefficient (Wildman–Crippen LogP) is 5.53. The number of sulfonamides is 1. The van der Waals surface area contributed by atoms with Gasteiger partial charge in [-0.25, -0.2) is 8.42 Å². The van der Waals surface area contributed by atoms with Crippen LogP contribution in [-0.2, 0) is 32.6 Å². The minimum atomic E-state index is -3.82. The molecule has 0 bridgehead atoms. The van der Waals surface area contributed by atoms with Crippen LogP contribution < -0.4 is 9.62 Å². The van der Waals surface area contributed by atoms with Gasteiger partial charge in [-0.15, -0.1) is 0 Å². The summed E-state index contributed by atoms with van der Waals surface area (Å²) in [5.74, 6) is -0.664. The number of rotatable bonds is 11. The lowest BCUT2D eigenvalue weighted by Gasteiger charge is -2.34. The number of nitrogens with zero attached hydrogens (tertiary/aromatic N) is 2. The molecule has 41 heavy (non-hydrogen) atoms. The molecule has 4 rings (SSSR count). The molecule has 0 heterocycles. The minimum absolute atomic E-state index is 0.0748. The molecule has 1 saturated carbocycles. The van der Waals surface area contributed by atoms with Crippen LogP contribution in [0.5, 0.6) is 0 Å². The van der Waals surface area contributed by atoms with Crippen LogP contribution in [0.15, 0.2) is 77.3 Å². The first-order chi connectivity index (χ1) is 19.5. The molecule has 2 amide bonds. The van der Waals surface area contributed by atoms with Crippen LogP contribution in [0.4, 0.5) is 5.69 Å². The number of halogens is 1. The Labute approximate surface area is 252 Å². The number of amides is 2. The number of anilines is 1. The van der Waals surface area contributed by atoms with Gasteiger partial charge in [0.1, 0.15) is 12.6 Å². The third-order valence-corrected chi connectivity index (χ3v) is 9.19. The van der Waals surface area contributed by atoms with E-state index in [9.17, 15) is 18.0 Å². The van der Waals surface area contributed by atoms with E-state index in [4.69, 9.17) is 0 Å². The van der Waals surface area contributed by atoms with Crippen molar-refractivity contribution in [3.63, 3.8) is 0 Å². The Kier molecular flexibility index (Phi) is 10.3. The molecule has 1 N–H and O–H groups in total. The zero-order valence-corrected chi connectivity index (χ0v) is 26.2. The maximum absolute atomic E-state index is 14.3. The normalized spacial score (nSPS) is 14.4. The van der Waals surface area contributed by atoms with Gasteiger partial charge in [0.2, 0.25) is 21.8 Å². The van der Waals surface area contributed by atoms with Crippen molar-refractivity contribution in [1.82, 2.24) is 10.2 Å². The highest BCUT2D eigenvalue weighted by Crippen LogP contribution is 2.28. The van der Waals surface area contributed by atoms with E-state index in [-0.39, 0.29) is 18.5 Å². The minimum Gasteiger partial charge on any atom is -0.352 e. The third kappa shape index (κ3) is 8.20. The first-order valence-corrected chi connectivity index (χ1v) is 16.6. The number of nitrogens with one attached hydrogen (secondary N) is 1. The predicted molar refractivity (Wildman–Crippen MR) is 167 cm³/mol. The van der Waals surface area contributed by atoms with Gasteiger partial charge in [0.15, 0.2) is 0 Å². The lowest BCUT2D eigenvalue weighted by molar-refractivity contribution is -0.140. The first-order valence-electron chi connectivity index (χ1n) is 13.9. The van der Waals surface area contributed by atoms with Crippen LogP contribution in [0.1, 0.15) is 47.9 Å². The zero-order valence-electron chi connectivity index (χ0n) is 23.8. The molecule has 9 heteroatoms. The number of benzene rings is 3. The van der Waals surface area contributed by atoms with Crippen LogP contribution in [0.2, 0.25) is 0 Å². The van der Waals surface area contributed by atoms with Gasteiger partial charge in [0.05, 0.1) is 11.9 Å². The Bertz CT molecular complexity index is 1450. The first kappa shape index (κ1) is 30.8. The van der Waals surface area contributed by atoms with Gasteiger partial charge in [-0.05, 0) is 61.1 Å². The number of para-hydroxylation sites is 1. The standard InChI is InChI=1S/C32H38BrN3O4S/c1-23-11-9-12-24(2)31(23)36(41(3,39)40)22-30(37)35(21-26-15-10-16-27(33)19-26)29(20-25-13-5-4-6-14-25)32(38)34-28-17-7-8-18-28/h4-6,9-16,19,28-29H,7-8,17-18,20-22H2,1-3H3,(H,34,38)/t29-/m1/s1. The average Bonchev–Trinajstić information content (AvgIpc) is 3.43. The van der Waals surface area contributed by atoms with Crippen LogP contribution >= 0.6 is 15.9 Å². The quantitative estimate of drug-likeness (QED) is 0.299. The number of carbonyl (C=O) groups excluding carboxylic acids is 2. The third-order valence-electron chi connectivity index (χ3n) is 7.58. The summed E-state index contributed by atoms with van der Waals surface area (Å²) in [6, 6.07) is 22.0. The second-order valence-electron chi connectivity index (χ2n) is 10.9. The smallest absolute Gasteiger partial charge is 0.244 e. The number of hydrogen-bond donors (Lipinski definition) is 1. The van der Waals surface area contributed by atoms with E-state index < -0.39 is 28.5 Å². The molecule has 218 valence electrons. The van der Waals surface area contributed by atoms with Gasteiger partial charge in [-0.3, -0.25) is 13.9 Å². The van der Waals surface area contributed by atoms with Crippen molar-refractivity contribution in [3.8, 4) is 0 Å². The molecular weight excluding hydrogens is 602 g/mol. The zero-order chi connectivity index (χ0) is 29.6. The van der Waals surface area contributed by atoms with Gasteiger partial charge in [0.25, 0.3) is 0 Å². The molecule has 1 aliphatic carbocycles. The van der Waals surface area contributed by atoms with E-state index in [1.54, 1.807) is 4.90 Å². The molecule has 0 aromatic heterocycles. The molecule has 3 aromatic rings. The van der Waals surface area contributed by atoms with Crippen molar-refractivity contribution >= 4 is 43.5 Å². The highest BCUT2D eigenvalue weighted by atomic mass is 79.9. The molecule has 0 spiro atoms. The van der Waals surface area contributed by atoms with E-state index in [0.717, 1.165) is 58.7 Å². The highest BCUT2D eigenvalue weighted by molar-refractivity contribution is 9.10. The maximum atomic E-state index is 14.3. The largest absolute Gasteiger partial charge is 0.352 e. The fourth-order valence-corrected chi connectivity index (χ4v) is 6.94. The van der Waals surface area contributed by atoms with Crippen LogP contribution in [-0.4, -0.2) is 50.0 Å². The molecule has 3 aromatic carbocycles. The molecule has 1 fully saturated rings. The summed E-state index contributed by atoms with van der Waals surface area (Å²) in [4.78, 5) is 29.8. The van der Waals surface area contributed by atoms with E-state index >= 15 is 0 Å². The van der Waals surface area contributed by atoms with E-state index in [1.807, 2.05) is 86.6 Å². The molecule has 0 radical (unpaired) electrons. The molecule has 0 aliphatic heterocycles. The van der Waals surface area contributed by atoms with Crippen molar-refractivity contribution in [3.05, 3.63) is 99.5 Å². The topological polar surface area (TPSA) is 86.8 Å². The second-order valence-corrected chi connectivity index (χ2v) is 13.7. The van der Waals surface area contributed by atoms with E-state index in [1.165, 1.54) is 4.31 Å². The van der Waals surface area contributed by atoms with Gasteiger partial charge in [-0.1, -0.05) is 89.4 Å². The number of aryl methyl sites for hydroxylation is 2. The van der Waals surface area contributed by atoms with Crippen LogP contribution in [0.3, 0.4) is 0 Å². The Hall–Kier alpha value is -3.17. The van der Waals surface area contributed by atoms with E-state index in [2.05, 4.69) is 21.2 Å². The molecular formula is C32H38BrN3O4S. The molecule has 1 aliphatic rings. The molecule has 0 saturated heterocycles. The summed E-state index contributed by atoms with van der Waals surface area (Å²) in [7, 11) is -3.82. The number of carbonyl (C=O) groups is 2. The monoisotopic (exact) mass is 639 g/mol. The van der Waals surface area contributed by atoms with E-state index in [0.29, 0.717) is 12.1 Å². The Morgan fingerprint density at radius 3 is 2.15 bits per heavy atom.